The van der Waals surface area contributed by atoms with E-state index >= 15 is 0 Å². The van der Waals surface area contributed by atoms with Crippen LogP contribution in [0.3, 0.4) is 0 Å². The van der Waals surface area contributed by atoms with Crippen LogP contribution in [0.4, 0.5) is 11.4 Å². The Labute approximate surface area is 165 Å². The number of ether oxygens (including phenoxy) is 3. The van der Waals surface area contributed by atoms with Gasteiger partial charge in [0.25, 0.3) is 5.69 Å². The zero-order valence-corrected chi connectivity index (χ0v) is 15.8. The molecule has 0 atom stereocenters. The number of non-ortho nitro benzene ring substituents is 1. The Morgan fingerprint density at radius 2 is 1.96 bits per heavy atom. The summed E-state index contributed by atoms with van der Waals surface area (Å²) in [5, 5.41) is 19.1. The van der Waals surface area contributed by atoms with Crippen LogP contribution in [-0.4, -0.2) is 25.1 Å². The average molecular weight is 406 g/mol. The van der Waals surface area contributed by atoms with Crippen molar-refractivity contribution in [2.24, 2.45) is 10.2 Å². The molecule has 0 bridgehead atoms. The first kappa shape index (κ1) is 20.8. The van der Waals surface area contributed by atoms with Gasteiger partial charge in [0.15, 0.2) is 0 Å². The van der Waals surface area contributed by atoms with Crippen LogP contribution in [0.5, 0.6) is 0 Å². The molecular weight excluding hydrogens is 390 g/mol. The number of rotatable bonds is 7. The number of azo groups is 1. The number of nitro groups is 1. The number of hydrogen-bond donors (Lipinski definition) is 0. The summed E-state index contributed by atoms with van der Waals surface area (Å²) in [5.41, 5.74) is 0.949. The fourth-order valence-corrected chi connectivity index (χ4v) is 2.26. The lowest BCUT2D eigenvalue weighted by Crippen LogP contribution is -2.10. The molecule has 28 heavy (non-hydrogen) atoms. The molecule has 146 valence electrons. The van der Waals surface area contributed by atoms with Gasteiger partial charge in [-0.2, -0.15) is 10.2 Å². The van der Waals surface area contributed by atoms with E-state index in [9.17, 15) is 14.9 Å². The lowest BCUT2D eigenvalue weighted by Gasteiger charge is -2.16. The summed E-state index contributed by atoms with van der Waals surface area (Å²) in [6.07, 6.45) is 6.05. The number of benzene rings is 1. The summed E-state index contributed by atoms with van der Waals surface area (Å²) in [7, 11) is 2.59. The quantitative estimate of drug-likeness (QED) is 0.163. The molecule has 10 heteroatoms. The van der Waals surface area contributed by atoms with Gasteiger partial charge >= 0.3 is 5.97 Å². The third-order valence-corrected chi connectivity index (χ3v) is 3.63. The highest BCUT2D eigenvalue weighted by Gasteiger charge is 2.19. The van der Waals surface area contributed by atoms with Crippen LogP contribution < -0.4 is 0 Å². The first-order chi connectivity index (χ1) is 13.4. The maximum absolute atomic E-state index is 11.7. The zero-order chi connectivity index (χ0) is 20.5. The maximum atomic E-state index is 11.7. The van der Waals surface area contributed by atoms with E-state index in [0.717, 1.165) is 6.26 Å². The highest BCUT2D eigenvalue weighted by atomic mass is 35.5. The number of carbonyl (C=O) groups excluding carboxylic acids is 1. The van der Waals surface area contributed by atoms with Gasteiger partial charge in [-0.05, 0) is 24.3 Å². The Morgan fingerprint density at radius 3 is 2.57 bits per heavy atom. The molecule has 0 saturated carbocycles. The number of nitro benzene ring substituents is 1. The predicted molar refractivity (Wildman–Crippen MR) is 101 cm³/mol. The minimum atomic E-state index is -0.713. The summed E-state index contributed by atoms with van der Waals surface area (Å²) in [4.78, 5) is 21.9. The van der Waals surface area contributed by atoms with Crippen molar-refractivity contribution in [1.82, 2.24) is 0 Å². The molecule has 0 unspecified atom stereocenters. The maximum Gasteiger partial charge on any atom is 0.377 e. The molecule has 9 nitrogen and oxygen atoms in total. The van der Waals surface area contributed by atoms with Crippen molar-refractivity contribution in [1.29, 1.82) is 0 Å². The number of carbonyl (C=O) groups is 1. The molecule has 0 heterocycles. The monoisotopic (exact) mass is 405 g/mol. The Morgan fingerprint density at radius 1 is 1.25 bits per heavy atom. The molecule has 2 rings (SSSR count). The molecule has 1 aromatic rings. The fourth-order valence-electron chi connectivity index (χ4n) is 2.06. The molecule has 0 radical (unpaired) electrons. The van der Waals surface area contributed by atoms with Gasteiger partial charge in [-0.15, -0.1) is 0 Å². The number of esters is 1. The smallest absolute Gasteiger partial charge is 0.377 e. The van der Waals surface area contributed by atoms with Crippen LogP contribution in [0.1, 0.15) is 6.42 Å². The molecule has 0 aromatic heterocycles. The Hall–Kier alpha value is -3.46. The van der Waals surface area contributed by atoms with Crippen molar-refractivity contribution in [3.63, 3.8) is 0 Å². The lowest BCUT2D eigenvalue weighted by molar-refractivity contribution is -0.384. The molecule has 0 aliphatic heterocycles. The van der Waals surface area contributed by atoms with Crippen molar-refractivity contribution in [2.75, 3.05) is 14.2 Å². The molecule has 0 fully saturated rings. The summed E-state index contributed by atoms with van der Waals surface area (Å²) in [6.45, 7) is 0. The van der Waals surface area contributed by atoms with Crippen molar-refractivity contribution in [3.8, 4) is 0 Å². The fraction of sp³-hybridized carbons (Fsp3) is 0.167. The summed E-state index contributed by atoms with van der Waals surface area (Å²) in [5.74, 6) is -0.545. The number of halogens is 1. The lowest BCUT2D eigenvalue weighted by atomic mass is 10.1. The van der Waals surface area contributed by atoms with E-state index in [-0.39, 0.29) is 11.4 Å². The Bertz CT molecular complexity index is 900. The molecule has 0 spiro atoms. The van der Waals surface area contributed by atoms with E-state index < -0.39 is 10.9 Å². The van der Waals surface area contributed by atoms with E-state index in [4.69, 9.17) is 21.1 Å². The summed E-state index contributed by atoms with van der Waals surface area (Å²) < 4.78 is 15.0. The predicted octanol–water partition coefficient (Wildman–Crippen LogP) is 4.65. The van der Waals surface area contributed by atoms with Crippen LogP contribution in [0.2, 0.25) is 0 Å². The minimum absolute atomic E-state index is 0.0413. The van der Waals surface area contributed by atoms with Crippen molar-refractivity contribution >= 4 is 28.9 Å². The SMILES string of the molecule is COC=C(OC1=CC=C(Cl)CC1=CN=Nc1ccc([N+](=O)[O-])cc1)C(=O)OC. The molecular formula is C18H16ClN3O6. The second-order valence-electron chi connectivity index (χ2n) is 5.28. The van der Waals surface area contributed by atoms with Gasteiger partial charge < -0.3 is 14.2 Å². The zero-order valence-electron chi connectivity index (χ0n) is 15.0. The van der Waals surface area contributed by atoms with Gasteiger partial charge in [-0.3, -0.25) is 10.1 Å². The standard InChI is InChI=1S/C18H16ClN3O6/c1-26-11-17(18(23)27-2)28-16-8-3-13(19)9-12(16)10-20-21-14-4-6-15(7-5-14)22(24)25/h3-8,10-11H,9H2,1-2H3. The van der Waals surface area contributed by atoms with Crippen LogP contribution in [-0.2, 0) is 19.0 Å². The van der Waals surface area contributed by atoms with Gasteiger partial charge in [-0.25, -0.2) is 4.79 Å². The first-order valence-corrected chi connectivity index (χ1v) is 8.22. The first-order valence-electron chi connectivity index (χ1n) is 7.84. The van der Waals surface area contributed by atoms with Gasteiger partial charge in [0.05, 0.1) is 31.0 Å². The number of methoxy groups -OCH3 is 2. The molecule has 0 saturated heterocycles. The van der Waals surface area contributed by atoms with Crippen molar-refractivity contribution < 1.29 is 23.9 Å². The highest BCUT2D eigenvalue weighted by Crippen LogP contribution is 2.29. The van der Waals surface area contributed by atoms with E-state index in [0.29, 0.717) is 28.5 Å². The normalized spacial score (nSPS) is 15.8. The van der Waals surface area contributed by atoms with E-state index in [1.165, 1.54) is 44.7 Å². The molecule has 0 amide bonds. The van der Waals surface area contributed by atoms with Gasteiger partial charge in [0.1, 0.15) is 12.0 Å². The minimum Gasteiger partial charge on any atom is -0.500 e. The summed E-state index contributed by atoms with van der Waals surface area (Å²) in [6, 6.07) is 5.60. The third kappa shape index (κ3) is 5.78. The molecule has 0 N–H and O–H groups in total. The molecule has 1 aromatic carbocycles. The van der Waals surface area contributed by atoms with Gasteiger partial charge in [0.2, 0.25) is 5.76 Å². The molecule has 1 aliphatic carbocycles. The van der Waals surface area contributed by atoms with Crippen LogP contribution in [0.25, 0.3) is 0 Å². The van der Waals surface area contributed by atoms with E-state index in [1.807, 2.05) is 0 Å². The Balaban J connectivity index is 2.20. The van der Waals surface area contributed by atoms with Crippen molar-refractivity contribution in [3.05, 3.63) is 81.1 Å². The molecule has 1 aliphatic rings. The number of hydrogen-bond acceptors (Lipinski definition) is 8. The van der Waals surface area contributed by atoms with Gasteiger partial charge in [-0.1, -0.05) is 11.6 Å². The Kier molecular flexibility index (Phi) is 7.46. The van der Waals surface area contributed by atoms with Gasteiger partial charge in [0, 0.05) is 29.2 Å². The van der Waals surface area contributed by atoms with Crippen molar-refractivity contribution in [2.45, 2.75) is 6.42 Å². The topological polar surface area (TPSA) is 113 Å². The van der Waals surface area contributed by atoms with Crippen LogP contribution in [0.15, 0.2) is 81.2 Å². The average Bonchev–Trinajstić information content (AvgIpc) is 2.69. The number of allylic oxidation sites excluding steroid dienone is 4. The van der Waals surface area contributed by atoms with Crippen LogP contribution in [0, 0.1) is 10.1 Å². The second-order valence-corrected chi connectivity index (χ2v) is 5.76. The largest absolute Gasteiger partial charge is 0.500 e. The van der Waals surface area contributed by atoms with Crippen LogP contribution >= 0.6 is 11.6 Å². The van der Waals surface area contributed by atoms with E-state index in [1.54, 1.807) is 12.2 Å². The van der Waals surface area contributed by atoms with E-state index in [2.05, 4.69) is 15.0 Å². The summed E-state index contributed by atoms with van der Waals surface area (Å²) >= 11 is 6.06. The number of nitrogens with zero attached hydrogens (tertiary/aromatic N) is 3. The highest BCUT2D eigenvalue weighted by molar-refractivity contribution is 6.30. The second kappa shape index (κ2) is 10.0. The third-order valence-electron chi connectivity index (χ3n) is 3.37.